The van der Waals surface area contributed by atoms with Gasteiger partial charge in [0.25, 0.3) is 0 Å². The van der Waals surface area contributed by atoms with Gasteiger partial charge >= 0.3 is 11.8 Å². The minimum absolute atomic E-state index is 0.00189. The Kier molecular flexibility index (Phi) is 6.11. The second-order valence-electron chi connectivity index (χ2n) is 5.24. The zero-order valence-corrected chi connectivity index (χ0v) is 13.9. The highest BCUT2D eigenvalue weighted by atomic mass is 16.5. The molecule has 130 valence electrons. The molecule has 2 amide bonds. The highest BCUT2D eigenvalue weighted by Crippen LogP contribution is 2.25. The van der Waals surface area contributed by atoms with Crippen LogP contribution in [0, 0.1) is 0 Å². The number of hydrogen-bond acceptors (Lipinski definition) is 5. The van der Waals surface area contributed by atoms with Gasteiger partial charge in [0.05, 0.1) is 19.4 Å². The van der Waals surface area contributed by atoms with Crippen molar-refractivity contribution in [3.05, 3.63) is 59.7 Å². The molecule has 0 aliphatic carbocycles. The monoisotopic (exact) mass is 341 g/mol. The van der Waals surface area contributed by atoms with Gasteiger partial charge in [-0.05, 0) is 36.2 Å². The van der Waals surface area contributed by atoms with Crippen LogP contribution >= 0.6 is 0 Å². The lowest BCUT2D eigenvalue weighted by Gasteiger charge is -2.13. The number of nitrogens with one attached hydrogen (secondary N) is 2. The van der Waals surface area contributed by atoms with E-state index in [1.54, 1.807) is 19.1 Å². The highest BCUT2D eigenvalue weighted by molar-refractivity contribution is 6.35. The van der Waals surface area contributed by atoms with Gasteiger partial charge in [0.2, 0.25) is 0 Å². The molecule has 25 heavy (non-hydrogen) atoms. The van der Waals surface area contributed by atoms with E-state index < -0.39 is 11.8 Å². The van der Waals surface area contributed by atoms with Gasteiger partial charge in [0.1, 0.15) is 0 Å². The number of carbonyl (C=O) groups is 2. The summed E-state index contributed by atoms with van der Waals surface area (Å²) in [5.74, 6) is -1.37. The van der Waals surface area contributed by atoms with E-state index in [9.17, 15) is 14.7 Å². The predicted molar refractivity (Wildman–Crippen MR) is 93.4 cm³/mol. The maximum atomic E-state index is 11.9. The van der Waals surface area contributed by atoms with Crippen LogP contribution in [0.3, 0.4) is 0 Å². The molecule has 7 nitrogen and oxygen atoms in total. The Hall–Kier alpha value is -3.35. The number of phenols is 1. The van der Waals surface area contributed by atoms with Crippen molar-refractivity contribution < 1.29 is 19.4 Å². The fourth-order valence-corrected chi connectivity index (χ4v) is 2.08. The van der Waals surface area contributed by atoms with Crippen LogP contribution in [-0.2, 0) is 9.59 Å². The number of aromatic hydroxyl groups is 1. The molecule has 0 unspecified atom stereocenters. The largest absolute Gasteiger partial charge is 0.504 e. The fourth-order valence-electron chi connectivity index (χ4n) is 2.08. The quantitative estimate of drug-likeness (QED) is 0.438. The highest BCUT2D eigenvalue weighted by Gasteiger charge is 2.16. The SMILES string of the molecule is COc1cc(/C=N\NC(=O)C(=O)N[C@@H](C)c2ccccc2)ccc1O. The maximum Gasteiger partial charge on any atom is 0.329 e. The van der Waals surface area contributed by atoms with E-state index in [-0.39, 0.29) is 17.5 Å². The maximum absolute atomic E-state index is 11.9. The van der Waals surface area contributed by atoms with Crippen LogP contribution in [-0.4, -0.2) is 30.2 Å². The van der Waals surface area contributed by atoms with Crippen LogP contribution in [0.5, 0.6) is 11.5 Å². The second kappa shape index (κ2) is 8.49. The van der Waals surface area contributed by atoms with Crippen LogP contribution in [0.1, 0.15) is 24.1 Å². The topological polar surface area (TPSA) is 100 Å². The zero-order valence-electron chi connectivity index (χ0n) is 13.9. The molecule has 0 heterocycles. The molecule has 0 aromatic heterocycles. The summed E-state index contributed by atoms with van der Waals surface area (Å²) in [7, 11) is 1.43. The lowest BCUT2D eigenvalue weighted by molar-refractivity contribution is -0.139. The lowest BCUT2D eigenvalue weighted by Crippen LogP contribution is -2.39. The standard InChI is InChI=1S/C18H19N3O4/c1-12(14-6-4-3-5-7-14)20-17(23)18(24)21-19-11-13-8-9-15(22)16(10-13)25-2/h3-12,22H,1-2H3,(H,20,23)(H,21,24)/b19-11-/t12-/m0/s1. The Morgan fingerprint density at radius 3 is 2.56 bits per heavy atom. The summed E-state index contributed by atoms with van der Waals surface area (Å²) in [6.45, 7) is 1.78. The Labute approximate surface area is 145 Å². The first-order valence-electron chi connectivity index (χ1n) is 7.57. The van der Waals surface area contributed by atoms with Crippen molar-refractivity contribution in [2.45, 2.75) is 13.0 Å². The summed E-state index contributed by atoms with van der Waals surface area (Å²) >= 11 is 0. The molecule has 2 aromatic carbocycles. The third kappa shape index (κ3) is 5.07. The average molecular weight is 341 g/mol. The van der Waals surface area contributed by atoms with Crippen LogP contribution < -0.4 is 15.5 Å². The molecule has 0 aliphatic rings. The van der Waals surface area contributed by atoms with Crippen LogP contribution in [0.4, 0.5) is 0 Å². The second-order valence-corrected chi connectivity index (χ2v) is 5.24. The summed E-state index contributed by atoms with van der Waals surface area (Å²) in [5, 5.41) is 15.8. The van der Waals surface area contributed by atoms with E-state index in [0.29, 0.717) is 5.56 Å². The number of ether oxygens (including phenoxy) is 1. The Bertz CT molecular complexity index is 775. The van der Waals surface area contributed by atoms with Crippen molar-refractivity contribution >= 4 is 18.0 Å². The molecular formula is C18H19N3O4. The van der Waals surface area contributed by atoms with Gasteiger partial charge in [-0.25, -0.2) is 5.43 Å². The van der Waals surface area contributed by atoms with Gasteiger partial charge in [-0.3, -0.25) is 9.59 Å². The van der Waals surface area contributed by atoms with Gasteiger partial charge in [0, 0.05) is 0 Å². The number of rotatable bonds is 5. The van der Waals surface area contributed by atoms with E-state index in [0.717, 1.165) is 5.56 Å². The molecule has 0 saturated heterocycles. The molecule has 2 rings (SSSR count). The minimum atomic E-state index is -0.871. The summed E-state index contributed by atoms with van der Waals surface area (Å²) < 4.78 is 4.97. The number of hydrogen-bond donors (Lipinski definition) is 3. The molecule has 0 spiro atoms. The summed E-state index contributed by atoms with van der Waals surface area (Å²) in [5.41, 5.74) is 3.64. The zero-order chi connectivity index (χ0) is 18.2. The molecule has 0 aliphatic heterocycles. The van der Waals surface area contributed by atoms with Crippen molar-refractivity contribution in [2.75, 3.05) is 7.11 Å². The predicted octanol–water partition coefficient (Wildman–Crippen LogP) is 1.73. The van der Waals surface area contributed by atoms with E-state index in [2.05, 4.69) is 15.8 Å². The lowest BCUT2D eigenvalue weighted by atomic mass is 10.1. The molecule has 2 aromatic rings. The average Bonchev–Trinajstić information content (AvgIpc) is 2.63. The third-order valence-electron chi connectivity index (χ3n) is 3.44. The Morgan fingerprint density at radius 2 is 1.88 bits per heavy atom. The fraction of sp³-hybridized carbons (Fsp3) is 0.167. The Morgan fingerprint density at radius 1 is 1.16 bits per heavy atom. The van der Waals surface area contributed by atoms with Gasteiger partial charge in [0.15, 0.2) is 11.5 Å². The normalized spacial score (nSPS) is 11.8. The molecule has 3 N–H and O–H groups in total. The number of benzene rings is 2. The molecular weight excluding hydrogens is 322 g/mol. The minimum Gasteiger partial charge on any atom is -0.504 e. The number of phenolic OH excluding ortho intramolecular Hbond substituents is 1. The number of carbonyl (C=O) groups excluding carboxylic acids is 2. The molecule has 0 fully saturated rings. The van der Waals surface area contributed by atoms with E-state index in [1.807, 2.05) is 30.3 Å². The van der Waals surface area contributed by atoms with Crippen molar-refractivity contribution in [3.8, 4) is 11.5 Å². The van der Waals surface area contributed by atoms with Crippen LogP contribution in [0.15, 0.2) is 53.6 Å². The first kappa shape index (κ1) is 18.0. The molecule has 0 saturated carbocycles. The summed E-state index contributed by atoms with van der Waals surface area (Å²) in [6, 6.07) is 13.6. The smallest absolute Gasteiger partial charge is 0.329 e. The number of amides is 2. The summed E-state index contributed by atoms with van der Waals surface area (Å²) in [4.78, 5) is 23.6. The molecule has 0 radical (unpaired) electrons. The van der Waals surface area contributed by atoms with Gasteiger partial charge < -0.3 is 15.2 Å². The number of hydrazone groups is 1. The van der Waals surface area contributed by atoms with E-state index in [4.69, 9.17) is 4.74 Å². The van der Waals surface area contributed by atoms with Crippen LogP contribution in [0.2, 0.25) is 0 Å². The van der Waals surface area contributed by atoms with Gasteiger partial charge in [-0.15, -0.1) is 0 Å². The van der Waals surface area contributed by atoms with Crippen molar-refractivity contribution in [3.63, 3.8) is 0 Å². The van der Waals surface area contributed by atoms with Crippen molar-refractivity contribution in [2.24, 2.45) is 5.10 Å². The molecule has 7 heteroatoms. The van der Waals surface area contributed by atoms with E-state index >= 15 is 0 Å². The molecule has 0 bridgehead atoms. The molecule has 1 atom stereocenters. The first-order valence-corrected chi connectivity index (χ1v) is 7.57. The number of methoxy groups -OCH3 is 1. The van der Waals surface area contributed by atoms with Crippen molar-refractivity contribution in [1.82, 2.24) is 10.7 Å². The van der Waals surface area contributed by atoms with Crippen molar-refractivity contribution in [1.29, 1.82) is 0 Å². The summed E-state index contributed by atoms with van der Waals surface area (Å²) in [6.07, 6.45) is 1.34. The third-order valence-corrected chi connectivity index (χ3v) is 3.44. The Balaban J connectivity index is 1.90. The van der Waals surface area contributed by atoms with Crippen LogP contribution in [0.25, 0.3) is 0 Å². The first-order chi connectivity index (χ1) is 12.0. The number of nitrogens with zero attached hydrogens (tertiary/aromatic N) is 1. The van der Waals surface area contributed by atoms with Gasteiger partial charge in [-0.2, -0.15) is 5.10 Å². The van der Waals surface area contributed by atoms with Gasteiger partial charge in [-0.1, -0.05) is 30.3 Å². The van der Waals surface area contributed by atoms with E-state index in [1.165, 1.54) is 19.4 Å².